The van der Waals surface area contributed by atoms with E-state index in [2.05, 4.69) is 5.10 Å². The fraction of sp³-hybridized carbons (Fsp3) is 0.750. The number of rotatable bonds is 3. The fourth-order valence-corrected chi connectivity index (χ4v) is 4.72. The van der Waals surface area contributed by atoms with E-state index in [0.717, 1.165) is 0 Å². The third-order valence-electron chi connectivity index (χ3n) is 4.10. The van der Waals surface area contributed by atoms with Crippen molar-refractivity contribution in [1.82, 2.24) is 19.0 Å². The van der Waals surface area contributed by atoms with Crippen molar-refractivity contribution in [3.8, 4) is 0 Å². The van der Waals surface area contributed by atoms with Crippen LogP contribution in [0, 0.1) is 13.8 Å². The zero-order valence-electron chi connectivity index (χ0n) is 15.9. The van der Waals surface area contributed by atoms with Gasteiger partial charge in [-0.05, 0) is 41.5 Å². The quantitative estimate of drug-likeness (QED) is 0.807. The summed E-state index contributed by atoms with van der Waals surface area (Å²) in [6.07, 6.45) is -0.407. The summed E-state index contributed by atoms with van der Waals surface area (Å²) in [5, 5.41) is 4.30. The normalized spacial score (nSPS) is 17.0. The Labute approximate surface area is 149 Å². The van der Waals surface area contributed by atoms with E-state index in [1.54, 1.807) is 23.4 Å². The minimum atomic E-state index is -3.63. The highest BCUT2D eigenvalue weighted by Crippen LogP contribution is 2.24. The van der Waals surface area contributed by atoms with Crippen molar-refractivity contribution in [1.29, 1.82) is 0 Å². The van der Waals surface area contributed by atoms with Gasteiger partial charge in [-0.3, -0.25) is 4.68 Å². The minimum absolute atomic E-state index is 0.248. The SMILES string of the molecule is CCn1nc(C)c(S(=O)(=O)N2CCN(C(=O)OC(C)(C)C)CC2)c1C. The van der Waals surface area contributed by atoms with Gasteiger partial charge < -0.3 is 9.64 Å². The number of piperazine rings is 1. The summed E-state index contributed by atoms with van der Waals surface area (Å²) in [6, 6.07) is 0. The predicted molar refractivity (Wildman–Crippen MR) is 93.9 cm³/mol. The molecule has 8 nitrogen and oxygen atoms in total. The molecule has 1 aliphatic heterocycles. The molecule has 0 bridgehead atoms. The first-order valence-electron chi connectivity index (χ1n) is 8.49. The van der Waals surface area contributed by atoms with Gasteiger partial charge in [-0.1, -0.05) is 0 Å². The maximum absolute atomic E-state index is 13.0. The third-order valence-corrected chi connectivity index (χ3v) is 6.25. The number of ether oxygens (including phenoxy) is 1. The lowest BCUT2D eigenvalue weighted by Crippen LogP contribution is -2.51. The molecule has 2 heterocycles. The minimum Gasteiger partial charge on any atom is -0.444 e. The van der Waals surface area contributed by atoms with Crippen LogP contribution in [-0.2, 0) is 21.3 Å². The third kappa shape index (κ3) is 4.14. The highest BCUT2D eigenvalue weighted by molar-refractivity contribution is 7.89. The molecule has 142 valence electrons. The zero-order valence-corrected chi connectivity index (χ0v) is 16.7. The molecule has 25 heavy (non-hydrogen) atoms. The van der Waals surface area contributed by atoms with E-state index in [4.69, 9.17) is 4.74 Å². The number of hydrogen-bond acceptors (Lipinski definition) is 5. The summed E-state index contributed by atoms with van der Waals surface area (Å²) in [7, 11) is -3.63. The molecule has 0 unspecified atom stereocenters. The van der Waals surface area contributed by atoms with Crippen molar-refractivity contribution < 1.29 is 17.9 Å². The first kappa shape index (κ1) is 19.7. The number of aryl methyl sites for hydroxylation is 2. The lowest BCUT2D eigenvalue weighted by Gasteiger charge is -2.35. The molecule has 1 aromatic heterocycles. The fourth-order valence-electron chi connectivity index (χ4n) is 2.93. The van der Waals surface area contributed by atoms with Crippen LogP contribution in [0.3, 0.4) is 0 Å². The van der Waals surface area contributed by atoms with E-state index in [0.29, 0.717) is 31.0 Å². The lowest BCUT2D eigenvalue weighted by atomic mass is 10.2. The molecule has 1 fully saturated rings. The molecule has 1 aliphatic rings. The average molecular weight is 372 g/mol. The Balaban J connectivity index is 2.12. The van der Waals surface area contributed by atoms with E-state index in [9.17, 15) is 13.2 Å². The number of aromatic nitrogens is 2. The molecule has 2 rings (SSSR count). The summed E-state index contributed by atoms with van der Waals surface area (Å²) in [4.78, 5) is 13.9. The summed E-state index contributed by atoms with van der Waals surface area (Å²) in [6.45, 7) is 12.6. The Kier molecular flexibility index (Phi) is 5.48. The highest BCUT2D eigenvalue weighted by atomic mass is 32.2. The molecule has 0 aromatic carbocycles. The molecule has 1 amide bonds. The standard InChI is InChI=1S/C16H28N4O4S/c1-7-20-13(3)14(12(2)17-20)25(22,23)19-10-8-18(9-11-19)15(21)24-16(4,5)6/h7-11H2,1-6H3. The van der Waals surface area contributed by atoms with Crippen LogP contribution in [0.4, 0.5) is 4.79 Å². The van der Waals surface area contributed by atoms with Gasteiger partial charge in [0.05, 0.1) is 11.4 Å². The Hall–Kier alpha value is -1.61. The topological polar surface area (TPSA) is 84.7 Å². The Morgan fingerprint density at radius 3 is 2.16 bits per heavy atom. The van der Waals surface area contributed by atoms with Gasteiger partial charge in [0.1, 0.15) is 10.5 Å². The summed E-state index contributed by atoms with van der Waals surface area (Å²) >= 11 is 0. The van der Waals surface area contributed by atoms with Crippen LogP contribution < -0.4 is 0 Å². The maximum atomic E-state index is 13.0. The number of nitrogens with zero attached hydrogens (tertiary/aromatic N) is 4. The van der Waals surface area contributed by atoms with Crippen molar-refractivity contribution in [2.75, 3.05) is 26.2 Å². The van der Waals surface area contributed by atoms with Gasteiger partial charge in [0.2, 0.25) is 10.0 Å². The number of carbonyl (C=O) groups excluding carboxylic acids is 1. The van der Waals surface area contributed by atoms with Crippen molar-refractivity contribution in [3.63, 3.8) is 0 Å². The second-order valence-electron chi connectivity index (χ2n) is 7.19. The molecular weight excluding hydrogens is 344 g/mol. The number of sulfonamides is 1. The first-order chi connectivity index (χ1) is 11.5. The van der Waals surface area contributed by atoms with Gasteiger partial charge in [0.25, 0.3) is 0 Å². The van der Waals surface area contributed by atoms with E-state index in [1.807, 2.05) is 27.7 Å². The smallest absolute Gasteiger partial charge is 0.410 e. The summed E-state index contributed by atoms with van der Waals surface area (Å²) in [5.74, 6) is 0. The van der Waals surface area contributed by atoms with Crippen molar-refractivity contribution in [3.05, 3.63) is 11.4 Å². The monoisotopic (exact) mass is 372 g/mol. The van der Waals surface area contributed by atoms with Crippen LogP contribution in [0.15, 0.2) is 4.90 Å². The molecule has 1 aromatic rings. The second-order valence-corrected chi connectivity index (χ2v) is 9.06. The van der Waals surface area contributed by atoms with Crippen LogP contribution in [0.1, 0.15) is 39.1 Å². The molecule has 0 radical (unpaired) electrons. The molecule has 0 spiro atoms. The summed E-state index contributed by atoms with van der Waals surface area (Å²) < 4.78 is 34.5. The Morgan fingerprint density at radius 1 is 1.16 bits per heavy atom. The van der Waals surface area contributed by atoms with E-state index in [-0.39, 0.29) is 18.0 Å². The van der Waals surface area contributed by atoms with Crippen molar-refractivity contribution in [2.24, 2.45) is 0 Å². The molecule has 0 N–H and O–H groups in total. The van der Waals surface area contributed by atoms with Gasteiger partial charge in [-0.25, -0.2) is 13.2 Å². The van der Waals surface area contributed by atoms with E-state index >= 15 is 0 Å². The molecule has 0 atom stereocenters. The van der Waals surface area contributed by atoms with Gasteiger partial charge in [0.15, 0.2) is 0 Å². The van der Waals surface area contributed by atoms with Gasteiger partial charge >= 0.3 is 6.09 Å². The molecule has 1 saturated heterocycles. The predicted octanol–water partition coefficient (Wildman–Crippen LogP) is 1.76. The first-order valence-corrected chi connectivity index (χ1v) is 9.93. The van der Waals surface area contributed by atoms with Crippen LogP contribution >= 0.6 is 0 Å². The maximum Gasteiger partial charge on any atom is 0.410 e. The van der Waals surface area contributed by atoms with E-state index in [1.165, 1.54) is 4.31 Å². The van der Waals surface area contributed by atoms with Crippen LogP contribution in [0.5, 0.6) is 0 Å². The Bertz CT molecular complexity index is 741. The van der Waals surface area contributed by atoms with Crippen molar-refractivity contribution in [2.45, 2.75) is 58.6 Å². The zero-order chi connectivity index (χ0) is 19.0. The molecule has 0 aliphatic carbocycles. The Morgan fingerprint density at radius 2 is 1.72 bits per heavy atom. The second kappa shape index (κ2) is 6.95. The highest BCUT2D eigenvalue weighted by Gasteiger charge is 2.35. The van der Waals surface area contributed by atoms with E-state index < -0.39 is 21.7 Å². The number of amides is 1. The molecule has 0 saturated carbocycles. The molecular formula is C16H28N4O4S. The largest absolute Gasteiger partial charge is 0.444 e. The number of carbonyl (C=O) groups is 1. The van der Waals surface area contributed by atoms with Crippen LogP contribution in [0.25, 0.3) is 0 Å². The van der Waals surface area contributed by atoms with Gasteiger partial charge in [0, 0.05) is 32.7 Å². The van der Waals surface area contributed by atoms with Gasteiger partial charge in [-0.15, -0.1) is 0 Å². The van der Waals surface area contributed by atoms with Crippen LogP contribution in [0.2, 0.25) is 0 Å². The van der Waals surface area contributed by atoms with Crippen LogP contribution in [-0.4, -0.2) is 65.3 Å². The average Bonchev–Trinajstić information content (AvgIpc) is 2.80. The van der Waals surface area contributed by atoms with Crippen molar-refractivity contribution >= 4 is 16.1 Å². The van der Waals surface area contributed by atoms with Gasteiger partial charge in [-0.2, -0.15) is 9.40 Å². The lowest BCUT2D eigenvalue weighted by molar-refractivity contribution is 0.0192. The number of hydrogen-bond donors (Lipinski definition) is 0. The summed E-state index contributed by atoms with van der Waals surface area (Å²) in [5.41, 5.74) is 0.590. The molecule has 9 heteroatoms.